The molecule has 1 aliphatic heterocycles. The molecule has 6 nitrogen and oxygen atoms in total. The van der Waals surface area contributed by atoms with E-state index in [1.54, 1.807) is 31.2 Å². The highest BCUT2D eigenvalue weighted by Crippen LogP contribution is 2.22. The average Bonchev–Trinajstić information content (AvgIpc) is 3.20. The van der Waals surface area contributed by atoms with Gasteiger partial charge in [-0.25, -0.2) is 8.42 Å². The molecular weight excluding hydrogens is 406 g/mol. The minimum absolute atomic E-state index is 0.0845. The predicted octanol–water partition coefficient (Wildman–Crippen LogP) is 3.97. The number of nitrogens with zero attached hydrogens (tertiary/aromatic N) is 1. The molecule has 8 heteroatoms. The molecule has 1 heterocycles. The summed E-state index contributed by atoms with van der Waals surface area (Å²) in [5.74, 6) is 0.472. The number of anilines is 1. The number of sulfonamides is 1. The summed E-state index contributed by atoms with van der Waals surface area (Å²) >= 11 is 1.47. The van der Waals surface area contributed by atoms with Gasteiger partial charge in [-0.15, -0.1) is 0 Å². The molecule has 0 aromatic heterocycles. The van der Waals surface area contributed by atoms with E-state index in [1.807, 2.05) is 12.1 Å². The summed E-state index contributed by atoms with van der Waals surface area (Å²) in [5.41, 5.74) is 2.52. The molecule has 154 valence electrons. The number of amides is 1. The first kappa shape index (κ1) is 21.4. The highest BCUT2D eigenvalue weighted by molar-refractivity contribution is 8.14. The monoisotopic (exact) mass is 431 g/mol. The Balaban J connectivity index is 1.77. The van der Waals surface area contributed by atoms with Crippen molar-refractivity contribution in [2.45, 2.75) is 38.0 Å². The average molecular weight is 432 g/mol. The second-order valence-corrected chi connectivity index (χ2v) is 9.61. The molecule has 29 heavy (non-hydrogen) atoms. The fourth-order valence-corrected chi connectivity index (χ4v) is 5.00. The van der Waals surface area contributed by atoms with Crippen molar-refractivity contribution < 1.29 is 13.2 Å². The summed E-state index contributed by atoms with van der Waals surface area (Å²) in [6.45, 7) is 4.52. The first-order valence-corrected chi connectivity index (χ1v) is 12.1. The van der Waals surface area contributed by atoms with Crippen LogP contribution >= 0.6 is 11.8 Å². The lowest BCUT2D eigenvalue weighted by Crippen LogP contribution is -2.27. The quantitative estimate of drug-likeness (QED) is 0.694. The van der Waals surface area contributed by atoms with Crippen molar-refractivity contribution in [3.8, 4) is 0 Å². The second-order valence-electron chi connectivity index (χ2n) is 6.88. The van der Waals surface area contributed by atoms with Gasteiger partial charge in [0.2, 0.25) is 0 Å². The number of carbonyl (C=O) groups excluding carboxylic acids is 1. The van der Waals surface area contributed by atoms with Gasteiger partial charge in [-0.2, -0.15) is 0 Å². The second kappa shape index (κ2) is 9.45. The van der Waals surface area contributed by atoms with Gasteiger partial charge in [-0.1, -0.05) is 43.3 Å². The van der Waals surface area contributed by atoms with Crippen LogP contribution in [0, 0.1) is 6.92 Å². The Morgan fingerprint density at radius 1 is 1.17 bits per heavy atom. The third-order valence-electron chi connectivity index (χ3n) is 4.57. The molecule has 0 aliphatic carbocycles. The van der Waals surface area contributed by atoms with Crippen LogP contribution in [-0.2, 0) is 16.4 Å². The van der Waals surface area contributed by atoms with E-state index in [4.69, 9.17) is 0 Å². The highest BCUT2D eigenvalue weighted by Gasteiger charge is 2.20. The molecule has 0 radical (unpaired) electrons. The molecule has 0 atom stereocenters. The summed E-state index contributed by atoms with van der Waals surface area (Å²) in [6, 6.07) is 12.1. The molecule has 1 aliphatic rings. The zero-order valence-electron chi connectivity index (χ0n) is 16.6. The maximum Gasteiger partial charge on any atom is 0.262 e. The van der Waals surface area contributed by atoms with Gasteiger partial charge in [-0.05, 0) is 55.2 Å². The molecular formula is C21H25N3O3S2. The van der Waals surface area contributed by atoms with Gasteiger partial charge in [0.1, 0.15) is 0 Å². The molecule has 0 saturated carbocycles. The first-order valence-electron chi connectivity index (χ1n) is 9.60. The number of nitrogens with one attached hydrogen (secondary N) is 2. The minimum atomic E-state index is -3.82. The van der Waals surface area contributed by atoms with Crippen LogP contribution in [0.5, 0.6) is 0 Å². The van der Waals surface area contributed by atoms with Crippen LogP contribution in [0.2, 0.25) is 0 Å². The Bertz CT molecular complexity index is 1020. The number of rotatable bonds is 7. The topological polar surface area (TPSA) is 87.6 Å². The molecule has 0 bridgehead atoms. The van der Waals surface area contributed by atoms with E-state index in [1.165, 1.54) is 23.4 Å². The first-order chi connectivity index (χ1) is 13.9. The molecule has 0 saturated heterocycles. The fraction of sp³-hybridized carbons (Fsp3) is 0.333. The zero-order chi connectivity index (χ0) is 20.9. The molecule has 0 unspecified atom stereocenters. The number of aryl methyl sites for hydroxylation is 2. The Labute approximate surface area is 176 Å². The van der Waals surface area contributed by atoms with E-state index < -0.39 is 10.0 Å². The summed E-state index contributed by atoms with van der Waals surface area (Å²) in [5, 5.41) is 3.30. The largest absolute Gasteiger partial charge is 0.301 e. The van der Waals surface area contributed by atoms with Gasteiger partial charge in [0.25, 0.3) is 15.9 Å². The maximum absolute atomic E-state index is 12.9. The van der Waals surface area contributed by atoms with Crippen LogP contribution < -0.4 is 10.0 Å². The van der Waals surface area contributed by atoms with Gasteiger partial charge in [0, 0.05) is 17.0 Å². The number of carbonyl (C=O) groups is 1. The van der Waals surface area contributed by atoms with Crippen LogP contribution in [-0.4, -0.2) is 31.8 Å². The van der Waals surface area contributed by atoms with Gasteiger partial charge in [-0.3, -0.25) is 14.5 Å². The Morgan fingerprint density at radius 2 is 1.93 bits per heavy atom. The predicted molar refractivity (Wildman–Crippen MR) is 119 cm³/mol. The fourth-order valence-electron chi connectivity index (χ4n) is 2.94. The van der Waals surface area contributed by atoms with Gasteiger partial charge in [0.15, 0.2) is 5.17 Å². The van der Waals surface area contributed by atoms with E-state index >= 15 is 0 Å². The Hall–Kier alpha value is -2.32. The van der Waals surface area contributed by atoms with Crippen LogP contribution in [0.15, 0.2) is 52.4 Å². The van der Waals surface area contributed by atoms with Crippen molar-refractivity contribution in [3.05, 3.63) is 59.2 Å². The van der Waals surface area contributed by atoms with E-state index in [9.17, 15) is 13.2 Å². The summed E-state index contributed by atoms with van der Waals surface area (Å²) in [7, 11) is -3.82. The summed E-state index contributed by atoms with van der Waals surface area (Å²) in [4.78, 5) is 16.7. The van der Waals surface area contributed by atoms with Gasteiger partial charge in [0.05, 0.1) is 11.4 Å². The maximum atomic E-state index is 12.9. The lowest BCUT2D eigenvalue weighted by molar-refractivity contribution is 0.0977. The summed E-state index contributed by atoms with van der Waals surface area (Å²) < 4.78 is 28.5. The number of hydrogen-bond donors (Lipinski definition) is 2. The van der Waals surface area contributed by atoms with Crippen molar-refractivity contribution >= 4 is 38.5 Å². The molecule has 2 aromatic rings. The normalized spacial score (nSPS) is 13.8. The molecule has 0 spiro atoms. The number of thioether (sulfide) groups is 1. The van der Waals surface area contributed by atoms with Gasteiger partial charge >= 0.3 is 0 Å². The van der Waals surface area contributed by atoms with E-state index in [0.717, 1.165) is 25.0 Å². The zero-order valence-corrected chi connectivity index (χ0v) is 18.2. The van der Waals surface area contributed by atoms with Crippen molar-refractivity contribution in [3.63, 3.8) is 0 Å². The third kappa shape index (κ3) is 5.61. The van der Waals surface area contributed by atoms with Crippen molar-refractivity contribution in [1.82, 2.24) is 5.32 Å². The molecule has 3 rings (SSSR count). The van der Waals surface area contributed by atoms with E-state index in [-0.39, 0.29) is 16.4 Å². The lowest BCUT2D eigenvalue weighted by Gasteiger charge is -2.12. The van der Waals surface area contributed by atoms with Crippen LogP contribution in [0.3, 0.4) is 0 Å². The number of unbranched alkanes of at least 4 members (excludes halogenated alkanes) is 1. The van der Waals surface area contributed by atoms with Crippen LogP contribution in [0.1, 0.15) is 41.3 Å². The Kier molecular flexibility index (Phi) is 6.97. The van der Waals surface area contributed by atoms with Crippen LogP contribution in [0.25, 0.3) is 0 Å². The number of benzene rings is 2. The van der Waals surface area contributed by atoms with Crippen LogP contribution in [0.4, 0.5) is 5.69 Å². The van der Waals surface area contributed by atoms with E-state index in [2.05, 4.69) is 22.0 Å². The smallest absolute Gasteiger partial charge is 0.262 e. The minimum Gasteiger partial charge on any atom is -0.301 e. The van der Waals surface area contributed by atoms with Crippen molar-refractivity contribution in [2.75, 3.05) is 17.0 Å². The third-order valence-corrected chi connectivity index (χ3v) is 6.99. The highest BCUT2D eigenvalue weighted by atomic mass is 32.2. The SMILES string of the molecule is CCCCc1ccc(NS(=O)(=O)c2cc(C(=O)NC3=NCCS3)ccc2C)cc1. The molecule has 2 N–H and O–H groups in total. The van der Waals surface area contributed by atoms with Gasteiger partial charge < -0.3 is 5.32 Å². The van der Waals surface area contributed by atoms with E-state index in [0.29, 0.717) is 23.0 Å². The number of amidine groups is 1. The molecule has 1 amide bonds. The lowest BCUT2D eigenvalue weighted by atomic mass is 10.1. The van der Waals surface area contributed by atoms with Crippen molar-refractivity contribution in [2.24, 2.45) is 4.99 Å². The van der Waals surface area contributed by atoms with Crippen molar-refractivity contribution in [1.29, 1.82) is 0 Å². The number of aliphatic imine (C=N–C) groups is 1. The Morgan fingerprint density at radius 3 is 2.59 bits per heavy atom. The molecule has 0 fully saturated rings. The number of hydrogen-bond acceptors (Lipinski definition) is 5. The standard InChI is InChI=1S/C21H25N3O3S2/c1-3-4-5-16-7-10-18(11-8-16)24-29(26,27)19-14-17(9-6-15(19)2)20(25)23-21-22-12-13-28-21/h6-11,14,24H,3-5,12-13H2,1-2H3,(H,22,23,25). The molecule has 2 aromatic carbocycles. The summed E-state index contributed by atoms with van der Waals surface area (Å²) in [6.07, 6.45) is 3.19.